The molecule has 18 heavy (non-hydrogen) atoms. The summed E-state index contributed by atoms with van der Waals surface area (Å²) in [7, 11) is 0. The standard InChI is InChI=1S/C14H16BrNOS/c1-9(2)12(7-15)16-14(17)11-8-18-13-6-4-3-5-10(11)13/h3-6,8-9,12H,7H2,1-2H3,(H,16,17). The molecule has 2 aromatic rings. The van der Waals surface area contributed by atoms with Gasteiger partial charge in [-0.15, -0.1) is 11.3 Å². The molecule has 1 aromatic heterocycles. The molecule has 1 atom stereocenters. The zero-order valence-electron chi connectivity index (χ0n) is 10.4. The highest BCUT2D eigenvalue weighted by Crippen LogP contribution is 2.25. The zero-order chi connectivity index (χ0) is 13.1. The molecule has 96 valence electrons. The van der Waals surface area contributed by atoms with E-state index in [1.54, 1.807) is 11.3 Å². The van der Waals surface area contributed by atoms with Crippen LogP contribution < -0.4 is 5.32 Å². The molecule has 0 aliphatic heterocycles. The molecule has 0 saturated heterocycles. The second-order valence-corrected chi connectivity index (χ2v) is 6.18. The Labute approximate surface area is 120 Å². The van der Waals surface area contributed by atoms with Crippen LogP contribution in [-0.2, 0) is 0 Å². The lowest BCUT2D eigenvalue weighted by atomic mass is 10.1. The van der Waals surface area contributed by atoms with Gasteiger partial charge in [-0.2, -0.15) is 0 Å². The lowest BCUT2D eigenvalue weighted by molar-refractivity contribution is 0.0934. The summed E-state index contributed by atoms with van der Waals surface area (Å²) in [6.07, 6.45) is 0. The van der Waals surface area contributed by atoms with Crippen molar-refractivity contribution in [2.75, 3.05) is 5.33 Å². The molecule has 0 fully saturated rings. The van der Waals surface area contributed by atoms with Gasteiger partial charge in [0, 0.05) is 26.8 Å². The van der Waals surface area contributed by atoms with E-state index in [9.17, 15) is 4.79 Å². The monoisotopic (exact) mass is 325 g/mol. The summed E-state index contributed by atoms with van der Waals surface area (Å²) in [4.78, 5) is 12.3. The van der Waals surface area contributed by atoms with Crippen LogP contribution in [0.5, 0.6) is 0 Å². The molecule has 0 aliphatic carbocycles. The van der Waals surface area contributed by atoms with Crippen LogP contribution in [0, 0.1) is 5.92 Å². The highest BCUT2D eigenvalue weighted by molar-refractivity contribution is 9.09. The SMILES string of the molecule is CC(C)C(CBr)NC(=O)c1csc2ccccc12. The van der Waals surface area contributed by atoms with E-state index >= 15 is 0 Å². The molecule has 1 heterocycles. The van der Waals surface area contributed by atoms with Crippen LogP contribution in [0.3, 0.4) is 0 Å². The van der Waals surface area contributed by atoms with E-state index in [1.807, 2.05) is 29.6 Å². The van der Waals surface area contributed by atoms with Gasteiger partial charge in [-0.25, -0.2) is 0 Å². The molecule has 1 unspecified atom stereocenters. The van der Waals surface area contributed by atoms with Crippen molar-refractivity contribution in [1.29, 1.82) is 0 Å². The molecule has 1 aromatic carbocycles. The van der Waals surface area contributed by atoms with Crippen LogP contribution in [0.1, 0.15) is 24.2 Å². The van der Waals surface area contributed by atoms with E-state index in [-0.39, 0.29) is 11.9 Å². The molecule has 2 nitrogen and oxygen atoms in total. The number of hydrogen-bond donors (Lipinski definition) is 1. The van der Waals surface area contributed by atoms with Crippen LogP contribution in [0.15, 0.2) is 29.6 Å². The third kappa shape index (κ3) is 2.75. The fourth-order valence-corrected chi connectivity index (χ4v) is 3.63. The molecule has 4 heteroatoms. The number of halogens is 1. The predicted octanol–water partition coefficient (Wildman–Crippen LogP) is 4.05. The number of fused-ring (bicyclic) bond motifs is 1. The first-order chi connectivity index (χ1) is 8.63. The molecule has 0 aliphatic rings. The highest BCUT2D eigenvalue weighted by atomic mass is 79.9. The van der Waals surface area contributed by atoms with Crippen molar-refractivity contribution < 1.29 is 4.79 Å². The number of benzene rings is 1. The molecule has 0 saturated carbocycles. The van der Waals surface area contributed by atoms with Crippen LogP contribution in [0.25, 0.3) is 10.1 Å². The minimum atomic E-state index is 0.0191. The van der Waals surface area contributed by atoms with E-state index in [0.717, 1.165) is 21.0 Å². The van der Waals surface area contributed by atoms with Crippen LogP contribution >= 0.6 is 27.3 Å². The Balaban J connectivity index is 2.23. The summed E-state index contributed by atoms with van der Waals surface area (Å²) in [6.45, 7) is 4.22. The largest absolute Gasteiger partial charge is 0.348 e. The fourth-order valence-electron chi connectivity index (χ4n) is 1.78. The fraction of sp³-hybridized carbons (Fsp3) is 0.357. The molecular weight excluding hydrogens is 310 g/mol. The lowest BCUT2D eigenvalue weighted by Gasteiger charge is -2.19. The Bertz CT molecular complexity index is 549. The van der Waals surface area contributed by atoms with E-state index in [1.165, 1.54) is 0 Å². The van der Waals surface area contributed by atoms with Gasteiger partial charge in [-0.3, -0.25) is 4.79 Å². The maximum Gasteiger partial charge on any atom is 0.253 e. The van der Waals surface area contributed by atoms with Gasteiger partial charge >= 0.3 is 0 Å². The normalized spacial score (nSPS) is 12.9. The average molecular weight is 326 g/mol. The van der Waals surface area contributed by atoms with Gasteiger partial charge in [0.1, 0.15) is 0 Å². The number of rotatable bonds is 4. The van der Waals surface area contributed by atoms with Gasteiger partial charge in [0.05, 0.1) is 5.56 Å². The topological polar surface area (TPSA) is 29.1 Å². The van der Waals surface area contributed by atoms with Crippen molar-refractivity contribution in [1.82, 2.24) is 5.32 Å². The molecule has 1 N–H and O–H groups in total. The molecule has 0 radical (unpaired) electrons. The van der Waals surface area contributed by atoms with E-state index in [4.69, 9.17) is 0 Å². The summed E-state index contributed by atoms with van der Waals surface area (Å²) in [5.41, 5.74) is 0.780. The van der Waals surface area contributed by atoms with E-state index in [0.29, 0.717) is 5.92 Å². The van der Waals surface area contributed by atoms with E-state index < -0.39 is 0 Å². The smallest absolute Gasteiger partial charge is 0.253 e. The summed E-state index contributed by atoms with van der Waals surface area (Å²) < 4.78 is 1.16. The maximum absolute atomic E-state index is 12.3. The minimum Gasteiger partial charge on any atom is -0.348 e. The van der Waals surface area contributed by atoms with Crippen LogP contribution in [0.2, 0.25) is 0 Å². The van der Waals surface area contributed by atoms with Crippen molar-refractivity contribution in [3.63, 3.8) is 0 Å². The van der Waals surface area contributed by atoms with Crippen LogP contribution in [0.4, 0.5) is 0 Å². The number of carbonyl (C=O) groups is 1. The van der Waals surface area contributed by atoms with Crippen molar-refractivity contribution in [2.45, 2.75) is 19.9 Å². The summed E-state index contributed by atoms with van der Waals surface area (Å²) in [6, 6.07) is 8.17. The Morgan fingerprint density at radius 2 is 2.11 bits per heavy atom. The first kappa shape index (κ1) is 13.6. The molecule has 0 bridgehead atoms. The summed E-state index contributed by atoms with van der Waals surface area (Å²) in [5, 5.41) is 6.83. The van der Waals surface area contributed by atoms with Gasteiger partial charge < -0.3 is 5.32 Å². The molecule has 0 spiro atoms. The first-order valence-corrected chi connectivity index (χ1v) is 7.96. The third-order valence-corrected chi connectivity index (χ3v) is 4.67. The number of nitrogens with one attached hydrogen (secondary N) is 1. The number of hydrogen-bond acceptors (Lipinski definition) is 2. The van der Waals surface area contributed by atoms with Crippen molar-refractivity contribution in [3.8, 4) is 0 Å². The van der Waals surface area contributed by atoms with Crippen molar-refractivity contribution in [2.24, 2.45) is 5.92 Å². The molecule has 2 rings (SSSR count). The van der Waals surface area contributed by atoms with Gasteiger partial charge in [0.2, 0.25) is 0 Å². The number of thiophene rings is 1. The highest BCUT2D eigenvalue weighted by Gasteiger charge is 2.18. The second kappa shape index (κ2) is 5.85. The summed E-state index contributed by atoms with van der Waals surface area (Å²) >= 11 is 5.06. The first-order valence-electron chi connectivity index (χ1n) is 5.96. The average Bonchev–Trinajstić information content (AvgIpc) is 2.79. The van der Waals surface area contributed by atoms with Crippen molar-refractivity contribution in [3.05, 3.63) is 35.2 Å². The van der Waals surface area contributed by atoms with Crippen molar-refractivity contribution >= 4 is 43.3 Å². The third-order valence-electron chi connectivity index (χ3n) is 3.01. The molecule has 1 amide bonds. The Morgan fingerprint density at radius 3 is 2.78 bits per heavy atom. The van der Waals surface area contributed by atoms with Gasteiger partial charge in [0.15, 0.2) is 0 Å². The number of amides is 1. The lowest BCUT2D eigenvalue weighted by Crippen LogP contribution is -2.39. The Kier molecular flexibility index (Phi) is 4.40. The summed E-state index contributed by atoms with van der Waals surface area (Å²) in [5.74, 6) is 0.434. The van der Waals surface area contributed by atoms with Crippen LogP contribution in [-0.4, -0.2) is 17.3 Å². The quantitative estimate of drug-likeness (QED) is 0.844. The Hall–Kier alpha value is -0.870. The van der Waals surface area contributed by atoms with E-state index in [2.05, 4.69) is 35.1 Å². The second-order valence-electron chi connectivity index (χ2n) is 4.62. The minimum absolute atomic E-state index is 0.0191. The maximum atomic E-state index is 12.3. The van der Waals surface area contributed by atoms with Gasteiger partial charge in [0.25, 0.3) is 5.91 Å². The number of alkyl halides is 1. The van der Waals surface area contributed by atoms with Gasteiger partial charge in [-0.05, 0) is 12.0 Å². The zero-order valence-corrected chi connectivity index (χ0v) is 12.8. The number of carbonyl (C=O) groups excluding carboxylic acids is 1. The Morgan fingerprint density at radius 1 is 1.39 bits per heavy atom. The predicted molar refractivity (Wildman–Crippen MR) is 81.7 cm³/mol. The van der Waals surface area contributed by atoms with Gasteiger partial charge in [-0.1, -0.05) is 48.0 Å². The molecular formula is C14H16BrNOS.